The molecule has 0 atom stereocenters. The van der Waals surface area contributed by atoms with E-state index in [-0.39, 0.29) is 11.6 Å². The Balaban J connectivity index is 1.46. The standard InChI is InChI=1S/C22H18F3N3O2S/c23-22(24,25)16-6-2-5-15(11-16)21-27-18(13-31-21)20(30)26-17-7-1-4-14(10-17)12-28-9-3-8-19(28)29/h1-2,4-7,10-11,13H,3,8-9,12H2,(H,26,30). The molecule has 1 aliphatic heterocycles. The molecule has 31 heavy (non-hydrogen) atoms. The van der Waals surface area contributed by atoms with E-state index < -0.39 is 17.6 Å². The van der Waals surface area contributed by atoms with E-state index in [1.54, 1.807) is 23.1 Å². The zero-order chi connectivity index (χ0) is 22.0. The largest absolute Gasteiger partial charge is 0.416 e. The number of rotatable bonds is 5. The van der Waals surface area contributed by atoms with Crippen molar-refractivity contribution in [1.29, 1.82) is 0 Å². The second kappa shape index (κ2) is 8.50. The van der Waals surface area contributed by atoms with Gasteiger partial charge in [0.15, 0.2) is 0 Å². The van der Waals surface area contributed by atoms with Gasteiger partial charge in [-0.05, 0) is 36.2 Å². The number of benzene rings is 2. The molecule has 1 fully saturated rings. The highest BCUT2D eigenvalue weighted by molar-refractivity contribution is 7.13. The lowest BCUT2D eigenvalue weighted by molar-refractivity contribution is -0.137. The number of nitrogens with zero attached hydrogens (tertiary/aromatic N) is 2. The van der Waals surface area contributed by atoms with Crippen molar-refractivity contribution < 1.29 is 22.8 Å². The zero-order valence-electron chi connectivity index (χ0n) is 16.3. The molecule has 2 heterocycles. The van der Waals surface area contributed by atoms with Gasteiger partial charge in [-0.2, -0.15) is 13.2 Å². The average Bonchev–Trinajstić information content (AvgIpc) is 3.38. The smallest absolute Gasteiger partial charge is 0.338 e. The Morgan fingerprint density at radius 1 is 1.16 bits per heavy atom. The van der Waals surface area contributed by atoms with Gasteiger partial charge in [0.25, 0.3) is 5.91 Å². The van der Waals surface area contributed by atoms with Crippen molar-refractivity contribution in [1.82, 2.24) is 9.88 Å². The lowest BCUT2D eigenvalue weighted by atomic mass is 10.1. The molecule has 4 rings (SSSR count). The minimum atomic E-state index is -4.45. The summed E-state index contributed by atoms with van der Waals surface area (Å²) in [5, 5.41) is 4.60. The van der Waals surface area contributed by atoms with E-state index in [9.17, 15) is 22.8 Å². The summed E-state index contributed by atoms with van der Waals surface area (Å²) in [6.45, 7) is 1.21. The van der Waals surface area contributed by atoms with E-state index in [1.165, 1.54) is 17.5 Å². The molecule has 0 spiro atoms. The van der Waals surface area contributed by atoms with Crippen molar-refractivity contribution in [2.75, 3.05) is 11.9 Å². The van der Waals surface area contributed by atoms with Crippen LogP contribution in [0.25, 0.3) is 10.6 Å². The van der Waals surface area contributed by atoms with Crippen LogP contribution in [-0.4, -0.2) is 28.2 Å². The summed E-state index contributed by atoms with van der Waals surface area (Å²) in [5.74, 6) is -0.331. The Bertz CT molecular complexity index is 1130. The van der Waals surface area contributed by atoms with E-state index in [0.717, 1.165) is 42.0 Å². The predicted octanol–water partition coefficient (Wildman–Crippen LogP) is 5.20. The molecule has 2 amide bonds. The van der Waals surface area contributed by atoms with Gasteiger partial charge in [-0.15, -0.1) is 11.3 Å². The topological polar surface area (TPSA) is 62.3 Å². The third-order valence-electron chi connectivity index (χ3n) is 4.90. The normalized spacial score (nSPS) is 14.2. The summed E-state index contributed by atoms with van der Waals surface area (Å²) in [5.41, 5.74) is 1.12. The molecule has 2 aromatic carbocycles. The first kappa shape index (κ1) is 21.0. The van der Waals surface area contributed by atoms with E-state index in [0.29, 0.717) is 29.2 Å². The Hall–Kier alpha value is -3.20. The molecule has 1 saturated heterocycles. The van der Waals surface area contributed by atoms with E-state index in [4.69, 9.17) is 0 Å². The van der Waals surface area contributed by atoms with Crippen LogP contribution in [0.3, 0.4) is 0 Å². The van der Waals surface area contributed by atoms with Gasteiger partial charge in [-0.1, -0.05) is 24.3 Å². The predicted molar refractivity (Wildman–Crippen MR) is 112 cm³/mol. The minimum Gasteiger partial charge on any atom is -0.338 e. The summed E-state index contributed by atoms with van der Waals surface area (Å²) in [7, 11) is 0. The Morgan fingerprint density at radius 2 is 1.97 bits per heavy atom. The monoisotopic (exact) mass is 445 g/mol. The number of carbonyl (C=O) groups excluding carboxylic acids is 2. The fourth-order valence-corrected chi connectivity index (χ4v) is 4.17. The SMILES string of the molecule is O=C(Nc1cccc(CN2CCCC2=O)c1)c1csc(-c2cccc(C(F)(F)F)c2)n1. The molecule has 160 valence electrons. The van der Waals surface area contributed by atoms with Crippen molar-refractivity contribution in [3.05, 3.63) is 70.7 Å². The molecular formula is C22H18F3N3O2S. The number of hydrogen-bond acceptors (Lipinski definition) is 4. The third kappa shape index (κ3) is 4.93. The molecule has 1 N–H and O–H groups in total. The van der Waals surface area contributed by atoms with Crippen LogP contribution in [0.4, 0.5) is 18.9 Å². The number of anilines is 1. The first-order chi connectivity index (χ1) is 14.8. The zero-order valence-corrected chi connectivity index (χ0v) is 17.1. The molecule has 1 aliphatic rings. The molecule has 0 bridgehead atoms. The van der Waals surface area contributed by atoms with Crippen molar-refractivity contribution in [3.63, 3.8) is 0 Å². The Labute approximate surface area is 180 Å². The maximum Gasteiger partial charge on any atom is 0.416 e. The van der Waals surface area contributed by atoms with Crippen LogP contribution in [0.5, 0.6) is 0 Å². The first-order valence-corrected chi connectivity index (χ1v) is 10.5. The van der Waals surface area contributed by atoms with Crippen LogP contribution in [0.2, 0.25) is 0 Å². The highest BCUT2D eigenvalue weighted by Gasteiger charge is 2.30. The van der Waals surface area contributed by atoms with Crippen LogP contribution in [-0.2, 0) is 17.5 Å². The number of thiazole rings is 1. The van der Waals surface area contributed by atoms with Gasteiger partial charge in [0.1, 0.15) is 10.7 Å². The van der Waals surface area contributed by atoms with Gasteiger partial charge in [-0.25, -0.2) is 4.98 Å². The third-order valence-corrected chi connectivity index (χ3v) is 5.79. The molecule has 0 saturated carbocycles. The van der Waals surface area contributed by atoms with E-state index in [2.05, 4.69) is 10.3 Å². The van der Waals surface area contributed by atoms with Gasteiger partial charge in [0.05, 0.1) is 5.56 Å². The maximum absolute atomic E-state index is 12.9. The number of carbonyl (C=O) groups is 2. The van der Waals surface area contributed by atoms with Gasteiger partial charge in [0.2, 0.25) is 5.91 Å². The lowest BCUT2D eigenvalue weighted by Crippen LogP contribution is -2.23. The molecular weight excluding hydrogens is 427 g/mol. The second-order valence-corrected chi connectivity index (χ2v) is 8.05. The number of likely N-dealkylation sites (tertiary alicyclic amines) is 1. The summed E-state index contributed by atoms with van der Waals surface area (Å²) in [6.07, 6.45) is -3.03. The second-order valence-electron chi connectivity index (χ2n) is 7.19. The van der Waals surface area contributed by atoms with Crippen molar-refractivity contribution in [2.45, 2.75) is 25.6 Å². The lowest BCUT2D eigenvalue weighted by Gasteiger charge is -2.16. The molecule has 0 aliphatic carbocycles. The fourth-order valence-electron chi connectivity index (χ4n) is 3.37. The number of nitrogens with one attached hydrogen (secondary N) is 1. The summed E-state index contributed by atoms with van der Waals surface area (Å²) < 4.78 is 38.8. The van der Waals surface area contributed by atoms with Gasteiger partial charge in [0, 0.05) is 36.1 Å². The Kier molecular flexibility index (Phi) is 5.77. The minimum absolute atomic E-state index is 0.123. The molecule has 9 heteroatoms. The first-order valence-electron chi connectivity index (χ1n) is 9.61. The number of hydrogen-bond donors (Lipinski definition) is 1. The molecule has 0 radical (unpaired) electrons. The number of aromatic nitrogens is 1. The van der Waals surface area contributed by atoms with Crippen molar-refractivity contribution in [2.24, 2.45) is 0 Å². The summed E-state index contributed by atoms with van der Waals surface area (Å²) >= 11 is 1.10. The molecule has 5 nitrogen and oxygen atoms in total. The highest BCUT2D eigenvalue weighted by atomic mass is 32.1. The average molecular weight is 445 g/mol. The quantitative estimate of drug-likeness (QED) is 0.587. The number of alkyl halides is 3. The van der Waals surface area contributed by atoms with Crippen LogP contribution in [0.1, 0.15) is 34.5 Å². The summed E-state index contributed by atoms with van der Waals surface area (Å²) in [4.78, 5) is 30.4. The molecule has 3 aromatic rings. The van der Waals surface area contributed by atoms with E-state index in [1.807, 2.05) is 6.07 Å². The number of halogens is 3. The van der Waals surface area contributed by atoms with Crippen LogP contribution < -0.4 is 5.32 Å². The Morgan fingerprint density at radius 3 is 2.71 bits per heavy atom. The number of amides is 2. The maximum atomic E-state index is 12.9. The van der Waals surface area contributed by atoms with E-state index >= 15 is 0 Å². The van der Waals surface area contributed by atoms with Gasteiger partial charge < -0.3 is 10.2 Å². The fraction of sp³-hybridized carbons (Fsp3) is 0.227. The van der Waals surface area contributed by atoms with Crippen molar-refractivity contribution >= 4 is 28.8 Å². The molecule has 1 aromatic heterocycles. The van der Waals surface area contributed by atoms with Crippen LogP contribution >= 0.6 is 11.3 Å². The highest BCUT2D eigenvalue weighted by Crippen LogP contribution is 2.33. The van der Waals surface area contributed by atoms with Gasteiger partial charge in [-0.3, -0.25) is 9.59 Å². The summed E-state index contributed by atoms with van der Waals surface area (Å²) in [6, 6.07) is 12.1. The van der Waals surface area contributed by atoms with Crippen LogP contribution in [0, 0.1) is 0 Å². The van der Waals surface area contributed by atoms with Crippen molar-refractivity contribution in [3.8, 4) is 10.6 Å². The van der Waals surface area contributed by atoms with Gasteiger partial charge >= 0.3 is 6.18 Å². The van der Waals surface area contributed by atoms with Crippen LogP contribution in [0.15, 0.2) is 53.9 Å². The molecule has 0 unspecified atom stereocenters.